The monoisotopic (exact) mass is 384 g/mol. The number of pyridine rings is 1. The third-order valence-corrected chi connectivity index (χ3v) is 5.39. The maximum Gasteiger partial charge on any atom is 0.251 e. The van der Waals surface area contributed by atoms with Gasteiger partial charge in [0.25, 0.3) is 11.5 Å². The van der Waals surface area contributed by atoms with Gasteiger partial charge in [-0.15, -0.1) is 0 Å². The van der Waals surface area contributed by atoms with Gasteiger partial charge >= 0.3 is 0 Å². The molecular formula is C20H20N2O4S. The number of hydrogen-bond acceptors (Lipinski definition) is 4. The van der Waals surface area contributed by atoms with Crippen LogP contribution in [0.25, 0.3) is 10.9 Å². The second kappa shape index (κ2) is 7.36. The molecule has 3 rings (SSSR count). The standard InChI is InChI=1S/C20H20N2O4S/c1-13-6-7-14-11-16(20(24)22-18(14)10-13)8-9-21-19(23)15-4-3-5-17(12-15)27(2,25)26/h3-7,10-12H,8-9H2,1-2H3,(H,21,23)(H,22,24). The summed E-state index contributed by atoms with van der Waals surface area (Å²) in [5.74, 6) is -0.381. The summed E-state index contributed by atoms with van der Waals surface area (Å²) < 4.78 is 23.2. The Morgan fingerprint density at radius 3 is 2.63 bits per heavy atom. The third-order valence-electron chi connectivity index (χ3n) is 4.28. The maximum absolute atomic E-state index is 12.3. The first-order valence-electron chi connectivity index (χ1n) is 8.45. The van der Waals surface area contributed by atoms with E-state index in [1.165, 1.54) is 18.2 Å². The number of nitrogens with one attached hydrogen (secondary N) is 2. The smallest absolute Gasteiger partial charge is 0.251 e. The van der Waals surface area contributed by atoms with Gasteiger partial charge in [0.15, 0.2) is 9.84 Å². The maximum atomic E-state index is 12.3. The van der Waals surface area contributed by atoms with Gasteiger partial charge < -0.3 is 10.3 Å². The molecule has 0 saturated carbocycles. The topological polar surface area (TPSA) is 96.1 Å². The molecule has 0 spiro atoms. The Balaban J connectivity index is 1.70. The van der Waals surface area contributed by atoms with E-state index in [0.717, 1.165) is 22.7 Å². The first-order chi connectivity index (χ1) is 12.7. The molecule has 3 aromatic rings. The van der Waals surface area contributed by atoms with Crippen molar-refractivity contribution < 1.29 is 13.2 Å². The van der Waals surface area contributed by atoms with E-state index in [-0.39, 0.29) is 28.5 Å². The zero-order chi connectivity index (χ0) is 19.6. The van der Waals surface area contributed by atoms with Crippen LogP contribution in [0.3, 0.4) is 0 Å². The van der Waals surface area contributed by atoms with Crippen LogP contribution in [0, 0.1) is 6.92 Å². The fourth-order valence-electron chi connectivity index (χ4n) is 2.83. The summed E-state index contributed by atoms with van der Waals surface area (Å²) >= 11 is 0. The molecule has 0 aliphatic carbocycles. The van der Waals surface area contributed by atoms with Crippen molar-refractivity contribution in [1.29, 1.82) is 0 Å². The number of H-pyrrole nitrogens is 1. The Kier molecular flexibility index (Phi) is 5.14. The van der Waals surface area contributed by atoms with Crippen molar-refractivity contribution in [3.05, 3.63) is 75.6 Å². The first-order valence-corrected chi connectivity index (χ1v) is 10.3. The number of hydrogen-bond donors (Lipinski definition) is 2. The van der Waals surface area contributed by atoms with Crippen LogP contribution in [0.2, 0.25) is 0 Å². The largest absolute Gasteiger partial charge is 0.352 e. The van der Waals surface area contributed by atoms with Crippen LogP contribution in [0.5, 0.6) is 0 Å². The zero-order valence-electron chi connectivity index (χ0n) is 15.1. The minimum atomic E-state index is -3.38. The molecule has 6 nitrogen and oxygen atoms in total. The second-order valence-electron chi connectivity index (χ2n) is 6.52. The molecule has 0 aliphatic rings. The normalized spacial score (nSPS) is 11.5. The Bertz CT molecular complexity index is 1180. The van der Waals surface area contributed by atoms with Crippen molar-refractivity contribution in [3.8, 4) is 0 Å². The van der Waals surface area contributed by atoms with Gasteiger partial charge in [-0.2, -0.15) is 0 Å². The second-order valence-corrected chi connectivity index (χ2v) is 8.54. The number of amides is 1. The molecule has 2 N–H and O–H groups in total. The fourth-order valence-corrected chi connectivity index (χ4v) is 3.49. The zero-order valence-corrected chi connectivity index (χ0v) is 15.9. The van der Waals surface area contributed by atoms with Gasteiger partial charge in [0.2, 0.25) is 0 Å². The van der Waals surface area contributed by atoms with E-state index in [9.17, 15) is 18.0 Å². The quantitative estimate of drug-likeness (QED) is 0.705. The van der Waals surface area contributed by atoms with Gasteiger partial charge in [-0.1, -0.05) is 18.2 Å². The van der Waals surface area contributed by atoms with Gasteiger partial charge in [0, 0.05) is 29.4 Å². The van der Waals surface area contributed by atoms with Crippen LogP contribution in [-0.4, -0.2) is 32.1 Å². The molecule has 0 bridgehead atoms. The summed E-state index contributed by atoms with van der Waals surface area (Å²) in [4.78, 5) is 27.4. The lowest BCUT2D eigenvalue weighted by Crippen LogP contribution is -2.27. The van der Waals surface area contributed by atoms with Gasteiger partial charge in [-0.05, 0) is 54.6 Å². The van der Waals surface area contributed by atoms with Crippen molar-refractivity contribution in [2.75, 3.05) is 12.8 Å². The SMILES string of the molecule is Cc1ccc2cc(CCNC(=O)c3cccc(S(C)(=O)=O)c3)c(=O)[nH]c2c1. The molecule has 1 heterocycles. The van der Waals surface area contributed by atoms with Crippen LogP contribution in [-0.2, 0) is 16.3 Å². The fraction of sp³-hybridized carbons (Fsp3) is 0.200. The summed E-state index contributed by atoms with van der Waals surface area (Å²) in [6.07, 6.45) is 1.47. The van der Waals surface area contributed by atoms with Crippen LogP contribution >= 0.6 is 0 Å². The molecule has 0 unspecified atom stereocenters. The molecular weight excluding hydrogens is 364 g/mol. The minimum absolute atomic E-state index is 0.0939. The van der Waals surface area contributed by atoms with Gasteiger partial charge in [-0.25, -0.2) is 8.42 Å². The van der Waals surface area contributed by atoms with E-state index in [2.05, 4.69) is 10.3 Å². The van der Waals surface area contributed by atoms with Crippen molar-refractivity contribution in [2.24, 2.45) is 0 Å². The predicted molar refractivity (Wildman–Crippen MR) is 105 cm³/mol. The van der Waals surface area contributed by atoms with Crippen molar-refractivity contribution in [2.45, 2.75) is 18.2 Å². The van der Waals surface area contributed by atoms with E-state index in [1.807, 2.05) is 31.2 Å². The Morgan fingerprint density at radius 2 is 1.89 bits per heavy atom. The molecule has 1 amide bonds. The summed E-state index contributed by atoms with van der Waals surface area (Å²) in [5.41, 5.74) is 2.51. The number of aromatic amines is 1. The minimum Gasteiger partial charge on any atom is -0.352 e. The van der Waals surface area contributed by atoms with E-state index in [1.54, 1.807) is 6.07 Å². The average Bonchev–Trinajstić information content (AvgIpc) is 2.61. The van der Waals surface area contributed by atoms with E-state index in [4.69, 9.17) is 0 Å². The molecule has 27 heavy (non-hydrogen) atoms. The number of aromatic nitrogens is 1. The highest BCUT2D eigenvalue weighted by molar-refractivity contribution is 7.90. The Hall–Kier alpha value is -2.93. The lowest BCUT2D eigenvalue weighted by Gasteiger charge is -2.07. The highest BCUT2D eigenvalue weighted by atomic mass is 32.2. The van der Waals surface area contributed by atoms with Gasteiger partial charge in [0.05, 0.1) is 4.90 Å². The van der Waals surface area contributed by atoms with Crippen LogP contribution in [0.15, 0.2) is 58.2 Å². The van der Waals surface area contributed by atoms with Gasteiger partial charge in [-0.3, -0.25) is 9.59 Å². The number of benzene rings is 2. The number of sulfone groups is 1. The molecule has 0 atom stereocenters. The predicted octanol–water partition coefficient (Wildman–Crippen LogP) is 2.21. The first kappa shape index (κ1) is 18.8. The number of carbonyl (C=O) groups excluding carboxylic acids is 1. The summed E-state index contributed by atoms with van der Waals surface area (Å²) in [6.45, 7) is 2.22. The lowest BCUT2D eigenvalue weighted by molar-refractivity contribution is 0.0954. The van der Waals surface area contributed by atoms with Gasteiger partial charge in [0.1, 0.15) is 0 Å². The average molecular weight is 384 g/mol. The number of fused-ring (bicyclic) bond motifs is 1. The Labute approximate surface area is 157 Å². The van der Waals surface area contributed by atoms with Crippen molar-refractivity contribution in [3.63, 3.8) is 0 Å². The molecule has 140 valence electrons. The number of rotatable bonds is 5. The summed E-state index contributed by atoms with van der Waals surface area (Å²) in [6, 6.07) is 13.5. The molecule has 0 radical (unpaired) electrons. The van der Waals surface area contributed by atoms with Crippen LogP contribution in [0.1, 0.15) is 21.5 Å². The lowest BCUT2D eigenvalue weighted by atomic mass is 10.1. The van der Waals surface area contributed by atoms with E-state index >= 15 is 0 Å². The van der Waals surface area contributed by atoms with Crippen molar-refractivity contribution in [1.82, 2.24) is 10.3 Å². The number of aryl methyl sites for hydroxylation is 1. The summed E-state index contributed by atoms with van der Waals surface area (Å²) in [5, 5.41) is 3.66. The third kappa shape index (κ3) is 4.43. The highest BCUT2D eigenvalue weighted by Crippen LogP contribution is 2.13. The molecule has 1 aromatic heterocycles. The molecule has 0 aliphatic heterocycles. The Morgan fingerprint density at radius 1 is 1.11 bits per heavy atom. The van der Waals surface area contributed by atoms with Crippen LogP contribution < -0.4 is 10.9 Å². The molecule has 2 aromatic carbocycles. The van der Waals surface area contributed by atoms with E-state index in [0.29, 0.717) is 12.0 Å². The highest BCUT2D eigenvalue weighted by Gasteiger charge is 2.12. The molecule has 0 fully saturated rings. The van der Waals surface area contributed by atoms with Crippen LogP contribution in [0.4, 0.5) is 0 Å². The summed E-state index contributed by atoms with van der Waals surface area (Å²) in [7, 11) is -3.38. The molecule has 0 saturated heterocycles. The number of carbonyl (C=O) groups is 1. The van der Waals surface area contributed by atoms with E-state index < -0.39 is 9.84 Å². The molecule has 7 heteroatoms. The van der Waals surface area contributed by atoms with Crippen molar-refractivity contribution >= 4 is 26.6 Å².